The molecule has 2 aromatic carbocycles. The zero-order chi connectivity index (χ0) is 19.5. The summed E-state index contributed by atoms with van der Waals surface area (Å²) in [4.78, 5) is 16.8. The summed E-state index contributed by atoms with van der Waals surface area (Å²) in [5.41, 5.74) is 2.74. The van der Waals surface area contributed by atoms with Crippen molar-refractivity contribution >= 4 is 45.4 Å². The molecule has 0 atom stereocenters. The van der Waals surface area contributed by atoms with E-state index in [-0.39, 0.29) is 17.3 Å². The number of halogens is 1. The zero-order valence-electron chi connectivity index (χ0n) is 15.2. The van der Waals surface area contributed by atoms with Crippen molar-refractivity contribution in [2.45, 2.75) is 25.0 Å². The number of aromatic nitrogens is 4. The van der Waals surface area contributed by atoms with Crippen LogP contribution in [-0.4, -0.2) is 31.4 Å². The number of nitrogens with zero attached hydrogens (tertiary/aromatic N) is 4. The summed E-state index contributed by atoms with van der Waals surface area (Å²) >= 11 is 1.17. The quantitative estimate of drug-likeness (QED) is 0.494. The molecule has 0 unspecified atom stereocenters. The Hall–Kier alpha value is -3.00. The number of carbonyl (C=O) groups excluding carboxylic acids is 1. The van der Waals surface area contributed by atoms with Crippen molar-refractivity contribution in [3.8, 4) is 0 Å². The van der Waals surface area contributed by atoms with Gasteiger partial charge in [0.1, 0.15) is 11.3 Å². The van der Waals surface area contributed by atoms with E-state index >= 15 is 0 Å². The molecule has 1 amide bonds. The molecule has 4 rings (SSSR count). The van der Waals surface area contributed by atoms with Crippen molar-refractivity contribution in [3.63, 3.8) is 0 Å². The minimum atomic E-state index is -0.468. The van der Waals surface area contributed by atoms with Crippen molar-refractivity contribution in [1.29, 1.82) is 0 Å². The Morgan fingerprint density at radius 3 is 2.75 bits per heavy atom. The minimum Gasteiger partial charge on any atom is -0.324 e. The lowest BCUT2D eigenvalue weighted by molar-refractivity contribution is -0.113. The van der Waals surface area contributed by atoms with E-state index in [0.717, 1.165) is 35.0 Å². The second-order valence-electron chi connectivity index (χ2n) is 6.25. The molecular formula is C20H18FN5OS. The smallest absolute Gasteiger partial charge is 0.234 e. The molecule has 0 bridgehead atoms. The molecule has 2 heterocycles. The standard InChI is InChI=1S/C20H18FN5OS/c1-2-11-26-16-10-6-3-7-13(16)18-19(26)23-20(25-24-18)28-12-17(27)22-15-9-5-4-8-14(15)21/h3-10H,2,11-12H2,1H3,(H,22,27). The molecule has 1 N–H and O–H groups in total. The van der Waals surface area contributed by atoms with E-state index in [1.54, 1.807) is 12.1 Å². The summed E-state index contributed by atoms with van der Waals surface area (Å²) < 4.78 is 15.8. The average Bonchev–Trinajstić information content (AvgIpc) is 3.02. The fourth-order valence-electron chi connectivity index (χ4n) is 3.08. The van der Waals surface area contributed by atoms with Crippen LogP contribution in [0.25, 0.3) is 22.1 Å². The third-order valence-electron chi connectivity index (χ3n) is 4.28. The first-order valence-electron chi connectivity index (χ1n) is 8.96. The molecule has 4 aromatic rings. The number of fused-ring (bicyclic) bond motifs is 3. The number of aryl methyl sites for hydroxylation is 1. The van der Waals surface area contributed by atoms with E-state index in [4.69, 9.17) is 0 Å². The van der Waals surface area contributed by atoms with Gasteiger partial charge in [0.2, 0.25) is 11.1 Å². The molecule has 28 heavy (non-hydrogen) atoms. The van der Waals surface area contributed by atoms with Crippen molar-refractivity contribution in [2.75, 3.05) is 11.1 Å². The van der Waals surface area contributed by atoms with Gasteiger partial charge in [0, 0.05) is 11.9 Å². The second kappa shape index (κ2) is 7.93. The van der Waals surface area contributed by atoms with E-state index in [2.05, 4.69) is 32.0 Å². The van der Waals surface area contributed by atoms with E-state index in [9.17, 15) is 9.18 Å². The summed E-state index contributed by atoms with van der Waals surface area (Å²) in [7, 11) is 0. The first-order chi connectivity index (χ1) is 13.7. The zero-order valence-corrected chi connectivity index (χ0v) is 16.0. The number of thioether (sulfide) groups is 1. The maximum atomic E-state index is 13.6. The van der Waals surface area contributed by atoms with E-state index < -0.39 is 5.82 Å². The summed E-state index contributed by atoms with van der Waals surface area (Å²) in [5, 5.41) is 12.5. The number of hydrogen-bond acceptors (Lipinski definition) is 5. The van der Waals surface area contributed by atoms with Crippen LogP contribution in [0, 0.1) is 5.82 Å². The molecule has 0 fully saturated rings. The average molecular weight is 395 g/mol. The van der Waals surface area contributed by atoms with Crippen LogP contribution in [0.2, 0.25) is 0 Å². The van der Waals surface area contributed by atoms with Crippen LogP contribution >= 0.6 is 11.8 Å². The van der Waals surface area contributed by atoms with Gasteiger partial charge < -0.3 is 9.88 Å². The van der Waals surface area contributed by atoms with Gasteiger partial charge in [-0.15, -0.1) is 10.2 Å². The Bertz CT molecular complexity index is 1160. The maximum absolute atomic E-state index is 13.6. The Balaban J connectivity index is 1.56. The van der Waals surface area contributed by atoms with Gasteiger partial charge >= 0.3 is 0 Å². The number of para-hydroxylation sites is 2. The number of carbonyl (C=O) groups is 1. The number of rotatable bonds is 6. The highest BCUT2D eigenvalue weighted by atomic mass is 32.2. The molecular weight excluding hydrogens is 377 g/mol. The lowest BCUT2D eigenvalue weighted by atomic mass is 10.2. The normalized spacial score (nSPS) is 11.2. The fourth-order valence-corrected chi connectivity index (χ4v) is 3.66. The predicted octanol–water partition coefficient (Wildman–Crippen LogP) is 4.26. The SMILES string of the molecule is CCCn1c2ccccc2c2nnc(SCC(=O)Nc3ccccc3F)nc21. The molecule has 142 valence electrons. The Morgan fingerprint density at radius 1 is 1.14 bits per heavy atom. The molecule has 0 aliphatic heterocycles. The van der Waals surface area contributed by atoms with Crippen LogP contribution in [0.15, 0.2) is 53.7 Å². The van der Waals surface area contributed by atoms with Crippen LogP contribution in [0.4, 0.5) is 10.1 Å². The van der Waals surface area contributed by atoms with Gasteiger partial charge in [0.05, 0.1) is 17.0 Å². The molecule has 0 radical (unpaired) electrons. The first kappa shape index (κ1) is 18.4. The molecule has 2 aromatic heterocycles. The van der Waals surface area contributed by atoms with Crippen LogP contribution in [0.1, 0.15) is 13.3 Å². The monoisotopic (exact) mass is 395 g/mol. The third kappa shape index (κ3) is 3.55. The van der Waals surface area contributed by atoms with E-state index in [1.165, 1.54) is 23.9 Å². The number of hydrogen-bond donors (Lipinski definition) is 1. The largest absolute Gasteiger partial charge is 0.324 e. The van der Waals surface area contributed by atoms with E-state index in [0.29, 0.717) is 5.16 Å². The maximum Gasteiger partial charge on any atom is 0.234 e. The van der Waals surface area contributed by atoms with Crippen molar-refractivity contribution in [2.24, 2.45) is 0 Å². The minimum absolute atomic E-state index is 0.0650. The van der Waals surface area contributed by atoms with Gasteiger partial charge in [-0.25, -0.2) is 9.37 Å². The third-order valence-corrected chi connectivity index (χ3v) is 5.12. The van der Waals surface area contributed by atoms with E-state index in [1.807, 2.05) is 24.3 Å². The number of amides is 1. The Morgan fingerprint density at radius 2 is 1.93 bits per heavy atom. The van der Waals surface area contributed by atoms with Gasteiger partial charge in [0.25, 0.3) is 0 Å². The fraction of sp³-hybridized carbons (Fsp3) is 0.200. The van der Waals surface area contributed by atoms with Crippen LogP contribution in [0.5, 0.6) is 0 Å². The summed E-state index contributed by atoms with van der Waals surface area (Å²) in [6, 6.07) is 14.1. The Kier molecular flexibility index (Phi) is 5.21. The highest BCUT2D eigenvalue weighted by molar-refractivity contribution is 7.99. The molecule has 0 aliphatic carbocycles. The van der Waals surface area contributed by atoms with Crippen molar-refractivity contribution < 1.29 is 9.18 Å². The molecule has 8 heteroatoms. The van der Waals surface area contributed by atoms with Gasteiger partial charge in [-0.1, -0.05) is 49.0 Å². The van der Waals surface area contributed by atoms with Gasteiger partial charge in [0.15, 0.2) is 5.65 Å². The van der Waals surface area contributed by atoms with Gasteiger partial charge in [-0.05, 0) is 24.6 Å². The lowest BCUT2D eigenvalue weighted by Crippen LogP contribution is -2.15. The predicted molar refractivity (Wildman–Crippen MR) is 109 cm³/mol. The van der Waals surface area contributed by atoms with Gasteiger partial charge in [-0.3, -0.25) is 4.79 Å². The van der Waals surface area contributed by atoms with Gasteiger partial charge in [-0.2, -0.15) is 0 Å². The lowest BCUT2D eigenvalue weighted by Gasteiger charge is -2.06. The summed E-state index contributed by atoms with van der Waals surface area (Å²) in [6.07, 6.45) is 0.964. The first-order valence-corrected chi connectivity index (χ1v) is 9.94. The molecule has 0 spiro atoms. The number of anilines is 1. The molecule has 6 nitrogen and oxygen atoms in total. The van der Waals surface area contributed by atoms with Crippen LogP contribution in [-0.2, 0) is 11.3 Å². The molecule has 0 saturated heterocycles. The summed E-state index contributed by atoms with van der Waals surface area (Å²) in [6.45, 7) is 2.93. The number of benzene rings is 2. The molecule has 0 aliphatic rings. The highest BCUT2D eigenvalue weighted by Crippen LogP contribution is 2.27. The van der Waals surface area contributed by atoms with Crippen molar-refractivity contribution in [1.82, 2.24) is 19.7 Å². The number of nitrogens with one attached hydrogen (secondary N) is 1. The highest BCUT2D eigenvalue weighted by Gasteiger charge is 2.15. The summed E-state index contributed by atoms with van der Waals surface area (Å²) in [5.74, 6) is -0.729. The molecule has 0 saturated carbocycles. The van der Waals surface area contributed by atoms with Crippen molar-refractivity contribution in [3.05, 3.63) is 54.3 Å². The second-order valence-corrected chi connectivity index (χ2v) is 7.19. The van der Waals surface area contributed by atoms with Crippen LogP contribution in [0.3, 0.4) is 0 Å². The Labute approximate surface area is 165 Å². The van der Waals surface area contributed by atoms with Crippen LogP contribution < -0.4 is 5.32 Å². The topological polar surface area (TPSA) is 72.7 Å².